The van der Waals surface area contributed by atoms with E-state index in [2.05, 4.69) is 0 Å². The Morgan fingerprint density at radius 3 is 2.75 bits per heavy atom. The molecule has 0 N–H and O–H groups in total. The summed E-state index contributed by atoms with van der Waals surface area (Å²) in [6, 6.07) is 9.47. The van der Waals surface area contributed by atoms with Crippen molar-refractivity contribution < 1.29 is 17.6 Å². The summed E-state index contributed by atoms with van der Waals surface area (Å²) >= 11 is 1.52. The van der Waals surface area contributed by atoms with Crippen molar-refractivity contribution in [2.75, 3.05) is 11.5 Å². The summed E-state index contributed by atoms with van der Waals surface area (Å²) in [6.45, 7) is 2.25. The van der Waals surface area contributed by atoms with Crippen molar-refractivity contribution in [2.24, 2.45) is 0 Å². The van der Waals surface area contributed by atoms with E-state index in [1.807, 2.05) is 18.4 Å². The summed E-state index contributed by atoms with van der Waals surface area (Å²) < 4.78 is 29.7. The van der Waals surface area contributed by atoms with Crippen molar-refractivity contribution in [2.45, 2.75) is 25.9 Å². The highest BCUT2D eigenvalue weighted by atomic mass is 32.2. The van der Waals surface area contributed by atoms with E-state index in [1.54, 1.807) is 24.3 Å². The van der Waals surface area contributed by atoms with Gasteiger partial charge in [0.2, 0.25) is 0 Å². The van der Waals surface area contributed by atoms with Crippen molar-refractivity contribution >= 4 is 38.1 Å². The maximum atomic E-state index is 13.3. The number of carbonyl (C=O) groups is 1. The molecule has 1 aromatic carbocycles. The number of hydrogen-bond acceptors (Lipinski definition) is 6. The molecule has 0 aliphatic carbocycles. The molecular formula is C20H19NO5S2. The predicted octanol–water partition coefficient (Wildman–Crippen LogP) is 2.99. The second-order valence-electron chi connectivity index (χ2n) is 6.99. The topological polar surface area (TPSA) is 84.7 Å². The lowest BCUT2D eigenvalue weighted by atomic mass is 10.1. The van der Waals surface area contributed by atoms with E-state index in [4.69, 9.17) is 4.42 Å². The van der Waals surface area contributed by atoms with E-state index in [1.165, 1.54) is 22.3 Å². The standard InChI is InChI=1S/C20H19NO5S2/c1-13-6-8-27-19(13)11-21(14-7-9-28(24,25)12-14)20(23)18-10-16(22)15-4-2-3-5-17(15)26-18/h2-6,8,10,14H,7,9,11-12H2,1H3/t14-/m1/s1. The van der Waals surface area contributed by atoms with Crippen LogP contribution < -0.4 is 5.43 Å². The maximum absolute atomic E-state index is 13.3. The van der Waals surface area contributed by atoms with Gasteiger partial charge < -0.3 is 9.32 Å². The molecule has 1 atom stereocenters. The van der Waals surface area contributed by atoms with Crippen LogP contribution >= 0.6 is 11.3 Å². The normalized spacial score (nSPS) is 18.4. The van der Waals surface area contributed by atoms with Gasteiger partial charge >= 0.3 is 0 Å². The molecule has 146 valence electrons. The molecule has 0 radical (unpaired) electrons. The minimum Gasteiger partial charge on any atom is -0.451 e. The minimum absolute atomic E-state index is 0.0620. The van der Waals surface area contributed by atoms with E-state index in [0.717, 1.165) is 10.4 Å². The summed E-state index contributed by atoms with van der Waals surface area (Å²) in [4.78, 5) is 28.2. The van der Waals surface area contributed by atoms with Crippen molar-refractivity contribution in [3.8, 4) is 0 Å². The number of nitrogens with zero attached hydrogens (tertiary/aromatic N) is 1. The fraction of sp³-hybridized carbons (Fsp3) is 0.300. The molecular weight excluding hydrogens is 398 g/mol. The highest BCUT2D eigenvalue weighted by molar-refractivity contribution is 7.91. The molecule has 8 heteroatoms. The number of fused-ring (bicyclic) bond motifs is 1. The highest BCUT2D eigenvalue weighted by Crippen LogP contribution is 2.26. The van der Waals surface area contributed by atoms with E-state index in [9.17, 15) is 18.0 Å². The molecule has 1 aliphatic rings. The van der Waals surface area contributed by atoms with Gasteiger partial charge in [-0.2, -0.15) is 0 Å². The summed E-state index contributed by atoms with van der Waals surface area (Å²) in [5.41, 5.74) is 1.09. The number of sulfone groups is 1. The van der Waals surface area contributed by atoms with Crippen LogP contribution in [0.3, 0.4) is 0 Å². The molecule has 1 amide bonds. The molecule has 3 aromatic rings. The number of thiophene rings is 1. The number of hydrogen-bond donors (Lipinski definition) is 0. The number of carbonyl (C=O) groups excluding carboxylic acids is 1. The molecule has 1 fully saturated rings. The Labute approximate surface area is 166 Å². The molecule has 0 saturated carbocycles. The van der Waals surface area contributed by atoms with Crippen LogP contribution in [0.2, 0.25) is 0 Å². The zero-order chi connectivity index (χ0) is 19.9. The minimum atomic E-state index is -3.17. The van der Waals surface area contributed by atoms with Gasteiger partial charge in [-0.05, 0) is 42.5 Å². The highest BCUT2D eigenvalue weighted by Gasteiger charge is 2.36. The van der Waals surface area contributed by atoms with Gasteiger partial charge in [0.1, 0.15) is 5.58 Å². The largest absolute Gasteiger partial charge is 0.451 e. The average molecular weight is 418 g/mol. The van der Waals surface area contributed by atoms with Gasteiger partial charge in [-0.3, -0.25) is 9.59 Å². The third kappa shape index (κ3) is 3.62. The Bertz CT molecular complexity index is 1210. The monoisotopic (exact) mass is 417 g/mol. The van der Waals surface area contributed by atoms with Crippen LogP contribution in [0.25, 0.3) is 11.0 Å². The van der Waals surface area contributed by atoms with Gasteiger partial charge in [-0.1, -0.05) is 12.1 Å². The second kappa shape index (κ2) is 7.18. The predicted molar refractivity (Wildman–Crippen MR) is 108 cm³/mol. The third-order valence-electron chi connectivity index (χ3n) is 5.04. The molecule has 6 nitrogen and oxygen atoms in total. The van der Waals surface area contributed by atoms with Crippen LogP contribution in [0, 0.1) is 6.92 Å². The molecule has 0 unspecified atom stereocenters. The fourth-order valence-corrected chi connectivity index (χ4v) is 6.09. The number of aryl methyl sites for hydroxylation is 1. The van der Waals surface area contributed by atoms with E-state index >= 15 is 0 Å². The van der Waals surface area contributed by atoms with Crippen LogP contribution in [-0.2, 0) is 16.4 Å². The summed E-state index contributed by atoms with van der Waals surface area (Å²) in [5.74, 6) is -0.534. The van der Waals surface area contributed by atoms with Crippen LogP contribution in [0.5, 0.6) is 0 Å². The first-order chi connectivity index (χ1) is 13.3. The first kappa shape index (κ1) is 18.9. The number of benzene rings is 1. The van der Waals surface area contributed by atoms with Gasteiger partial charge in [0.05, 0.1) is 23.4 Å². The number of rotatable bonds is 4. The van der Waals surface area contributed by atoms with E-state index < -0.39 is 21.8 Å². The number of para-hydroxylation sites is 1. The van der Waals surface area contributed by atoms with Crippen LogP contribution in [0.15, 0.2) is 51.0 Å². The van der Waals surface area contributed by atoms with E-state index in [0.29, 0.717) is 23.9 Å². The average Bonchev–Trinajstić information content (AvgIpc) is 3.23. The van der Waals surface area contributed by atoms with Gasteiger partial charge in [0.15, 0.2) is 21.0 Å². The Balaban J connectivity index is 1.74. The molecule has 0 spiro atoms. The SMILES string of the molecule is Cc1ccsc1CN(C(=O)c1cc(=O)c2ccccc2o1)[C@@H]1CCS(=O)(=O)C1. The molecule has 28 heavy (non-hydrogen) atoms. The fourth-order valence-electron chi connectivity index (χ4n) is 3.46. The van der Waals surface area contributed by atoms with Gasteiger partial charge in [0.25, 0.3) is 5.91 Å². The molecule has 1 aliphatic heterocycles. The molecule has 1 saturated heterocycles. The quantitative estimate of drug-likeness (QED) is 0.652. The lowest BCUT2D eigenvalue weighted by Crippen LogP contribution is -2.40. The molecule has 2 aromatic heterocycles. The van der Waals surface area contributed by atoms with Gasteiger partial charge in [0, 0.05) is 17.0 Å². The van der Waals surface area contributed by atoms with Crippen LogP contribution in [0.4, 0.5) is 0 Å². The molecule has 3 heterocycles. The van der Waals surface area contributed by atoms with Gasteiger partial charge in [-0.15, -0.1) is 11.3 Å². The zero-order valence-corrected chi connectivity index (χ0v) is 16.9. The maximum Gasteiger partial charge on any atom is 0.290 e. The molecule has 4 rings (SSSR count). The van der Waals surface area contributed by atoms with Crippen molar-refractivity contribution in [3.63, 3.8) is 0 Å². The van der Waals surface area contributed by atoms with Crippen LogP contribution in [0.1, 0.15) is 27.4 Å². The van der Waals surface area contributed by atoms with Crippen molar-refractivity contribution in [1.82, 2.24) is 4.90 Å². The summed E-state index contributed by atoms with van der Waals surface area (Å²) in [6.07, 6.45) is 0.385. The Morgan fingerprint density at radius 1 is 1.29 bits per heavy atom. The first-order valence-corrected chi connectivity index (χ1v) is 11.6. The Morgan fingerprint density at radius 2 is 2.07 bits per heavy atom. The lowest BCUT2D eigenvalue weighted by Gasteiger charge is -2.27. The molecule has 0 bridgehead atoms. The first-order valence-electron chi connectivity index (χ1n) is 8.91. The Hall–Kier alpha value is -2.45. The van der Waals surface area contributed by atoms with E-state index in [-0.39, 0.29) is 22.7 Å². The van der Waals surface area contributed by atoms with Crippen molar-refractivity contribution in [1.29, 1.82) is 0 Å². The Kier molecular flexibility index (Phi) is 4.84. The smallest absolute Gasteiger partial charge is 0.290 e. The van der Waals surface area contributed by atoms with Crippen molar-refractivity contribution in [3.05, 3.63) is 68.2 Å². The lowest BCUT2D eigenvalue weighted by molar-refractivity contribution is 0.0650. The second-order valence-corrected chi connectivity index (χ2v) is 10.2. The van der Waals surface area contributed by atoms with Crippen LogP contribution in [-0.4, -0.2) is 36.8 Å². The summed E-state index contributed by atoms with van der Waals surface area (Å²) in [7, 11) is -3.17. The summed E-state index contributed by atoms with van der Waals surface area (Å²) in [5, 5.41) is 2.35. The zero-order valence-electron chi connectivity index (χ0n) is 15.3. The van der Waals surface area contributed by atoms with Gasteiger partial charge in [-0.25, -0.2) is 8.42 Å². The third-order valence-corrected chi connectivity index (χ3v) is 7.80. The number of amides is 1.